The molecule has 1 aliphatic heterocycles. The number of rotatable bonds is 9. The van der Waals surface area contributed by atoms with Gasteiger partial charge in [-0.05, 0) is 41.8 Å². The molecule has 0 spiro atoms. The molecule has 4 aromatic rings. The first-order valence-electron chi connectivity index (χ1n) is 12.1. The number of aromatic nitrogens is 3. The van der Waals surface area contributed by atoms with Crippen LogP contribution in [0, 0.1) is 0 Å². The standard InChI is InChI=1S/C29H24N4O5/c34-26-13-14-27(35)32(26)19-22-17-21(12-15-28(36)38-16-6-9-20-7-2-1-3-8-20)18-25(29(22)37)33-30-23-10-4-5-11-24(23)31-33/h1-11,13-14,17-18,37H,12,15-16,19H2. The molecule has 0 fully saturated rings. The van der Waals surface area contributed by atoms with E-state index in [1.54, 1.807) is 30.3 Å². The summed E-state index contributed by atoms with van der Waals surface area (Å²) in [6.45, 7) is 0.0165. The number of imide groups is 1. The largest absolute Gasteiger partial charge is 0.505 e. The van der Waals surface area contributed by atoms with Gasteiger partial charge in [0.25, 0.3) is 11.8 Å². The fourth-order valence-electron chi connectivity index (χ4n) is 4.09. The van der Waals surface area contributed by atoms with Crippen LogP contribution in [0.4, 0.5) is 0 Å². The molecule has 0 aliphatic carbocycles. The van der Waals surface area contributed by atoms with Gasteiger partial charge in [-0.2, -0.15) is 0 Å². The average Bonchev–Trinajstić information content (AvgIpc) is 3.50. The number of nitrogens with zero attached hydrogens (tertiary/aromatic N) is 4. The Morgan fingerprint density at radius 2 is 1.58 bits per heavy atom. The van der Waals surface area contributed by atoms with E-state index in [-0.39, 0.29) is 37.0 Å². The van der Waals surface area contributed by atoms with Crippen molar-refractivity contribution < 1.29 is 24.2 Å². The second-order valence-corrected chi connectivity index (χ2v) is 8.69. The number of hydrogen-bond acceptors (Lipinski definition) is 7. The van der Waals surface area contributed by atoms with Crippen molar-refractivity contribution in [1.82, 2.24) is 19.9 Å². The number of hydrogen-bond donors (Lipinski definition) is 1. The molecule has 1 aliphatic rings. The number of phenolic OH excluding ortho intramolecular Hbond substituents is 1. The lowest BCUT2D eigenvalue weighted by Gasteiger charge is -2.17. The quantitative estimate of drug-likeness (QED) is 0.271. The van der Waals surface area contributed by atoms with Crippen LogP contribution in [0.3, 0.4) is 0 Å². The number of carbonyl (C=O) groups excluding carboxylic acids is 3. The molecule has 0 saturated heterocycles. The van der Waals surface area contributed by atoms with Gasteiger partial charge in [-0.25, -0.2) is 0 Å². The molecule has 0 bridgehead atoms. The topological polar surface area (TPSA) is 115 Å². The van der Waals surface area contributed by atoms with Gasteiger partial charge in [0.2, 0.25) is 0 Å². The summed E-state index contributed by atoms with van der Waals surface area (Å²) in [6.07, 6.45) is 6.43. The number of aromatic hydroxyl groups is 1. The first kappa shape index (κ1) is 24.6. The molecule has 0 unspecified atom stereocenters. The van der Waals surface area contributed by atoms with Crippen LogP contribution in [0.15, 0.2) is 85.0 Å². The second kappa shape index (κ2) is 10.9. The van der Waals surface area contributed by atoms with Crippen molar-refractivity contribution in [2.24, 2.45) is 0 Å². The van der Waals surface area contributed by atoms with Crippen LogP contribution in [0.2, 0.25) is 0 Å². The Morgan fingerprint density at radius 1 is 0.921 bits per heavy atom. The first-order valence-corrected chi connectivity index (χ1v) is 12.1. The van der Waals surface area contributed by atoms with Crippen LogP contribution in [-0.4, -0.2) is 49.4 Å². The van der Waals surface area contributed by atoms with Crippen LogP contribution in [0.1, 0.15) is 23.1 Å². The molecule has 38 heavy (non-hydrogen) atoms. The number of aryl methyl sites for hydroxylation is 1. The Morgan fingerprint density at radius 3 is 2.26 bits per heavy atom. The van der Waals surface area contributed by atoms with Crippen LogP contribution in [0.25, 0.3) is 22.8 Å². The van der Waals surface area contributed by atoms with Gasteiger partial charge in [-0.1, -0.05) is 54.6 Å². The highest BCUT2D eigenvalue weighted by Crippen LogP contribution is 2.30. The molecule has 9 heteroatoms. The van der Waals surface area contributed by atoms with Crippen molar-refractivity contribution in [3.8, 4) is 11.4 Å². The number of esters is 1. The zero-order chi connectivity index (χ0) is 26.5. The molecular formula is C29H24N4O5. The lowest BCUT2D eigenvalue weighted by Crippen LogP contribution is -2.29. The molecule has 190 valence electrons. The maximum absolute atomic E-state index is 12.4. The lowest BCUT2D eigenvalue weighted by molar-refractivity contribution is -0.142. The van der Waals surface area contributed by atoms with Gasteiger partial charge in [0.1, 0.15) is 29.1 Å². The van der Waals surface area contributed by atoms with E-state index in [4.69, 9.17) is 4.74 Å². The molecule has 0 atom stereocenters. The van der Waals surface area contributed by atoms with E-state index >= 15 is 0 Å². The first-order chi connectivity index (χ1) is 18.5. The summed E-state index contributed by atoms with van der Waals surface area (Å²) in [5.41, 5.74) is 3.60. The fraction of sp³-hybridized carbons (Fsp3) is 0.138. The maximum atomic E-state index is 12.4. The zero-order valence-electron chi connectivity index (χ0n) is 20.4. The highest BCUT2D eigenvalue weighted by Gasteiger charge is 2.26. The molecule has 1 N–H and O–H groups in total. The molecule has 9 nitrogen and oxygen atoms in total. The van der Waals surface area contributed by atoms with E-state index in [9.17, 15) is 19.5 Å². The Kier molecular flexibility index (Phi) is 7.08. The second-order valence-electron chi connectivity index (χ2n) is 8.69. The van der Waals surface area contributed by atoms with Crippen molar-refractivity contribution in [2.75, 3.05) is 6.61 Å². The van der Waals surface area contributed by atoms with Crippen LogP contribution < -0.4 is 0 Å². The van der Waals surface area contributed by atoms with Gasteiger partial charge >= 0.3 is 5.97 Å². The van der Waals surface area contributed by atoms with E-state index in [1.165, 1.54) is 16.9 Å². The van der Waals surface area contributed by atoms with Crippen LogP contribution in [-0.2, 0) is 32.1 Å². The van der Waals surface area contributed by atoms with E-state index in [2.05, 4.69) is 10.2 Å². The van der Waals surface area contributed by atoms with Crippen molar-refractivity contribution in [1.29, 1.82) is 0 Å². The highest BCUT2D eigenvalue weighted by molar-refractivity contribution is 6.12. The molecule has 0 radical (unpaired) electrons. The number of carbonyl (C=O) groups is 3. The SMILES string of the molecule is O=C(CCc1cc(CN2C(=O)C=CC2=O)c(O)c(-n2nc3ccccc3n2)c1)OCC=Cc1ccccc1. The van der Waals surface area contributed by atoms with Crippen LogP contribution >= 0.6 is 0 Å². The van der Waals surface area contributed by atoms with Gasteiger partial charge < -0.3 is 9.84 Å². The summed E-state index contributed by atoms with van der Waals surface area (Å²) in [6, 6.07) is 20.3. The number of fused-ring (bicyclic) bond motifs is 1. The van der Waals surface area contributed by atoms with Crippen molar-refractivity contribution in [2.45, 2.75) is 19.4 Å². The van der Waals surface area contributed by atoms with Gasteiger partial charge in [0, 0.05) is 24.1 Å². The van der Waals surface area contributed by atoms with Gasteiger partial charge in [-0.3, -0.25) is 19.3 Å². The Labute approximate surface area is 218 Å². The number of amides is 2. The third kappa shape index (κ3) is 5.52. The monoisotopic (exact) mass is 508 g/mol. The summed E-state index contributed by atoms with van der Waals surface area (Å²) in [7, 11) is 0. The molecular weight excluding hydrogens is 484 g/mol. The number of benzene rings is 3. The Bertz CT molecular complexity index is 1520. The van der Waals surface area contributed by atoms with Crippen molar-refractivity contribution in [3.05, 3.63) is 102 Å². The molecule has 2 amide bonds. The summed E-state index contributed by atoms with van der Waals surface area (Å²) in [5.74, 6) is -1.46. The van der Waals surface area contributed by atoms with Gasteiger partial charge in [0.05, 0.1) is 6.54 Å². The van der Waals surface area contributed by atoms with Crippen molar-refractivity contribution in [3.63, 3.8) is 0 Å². The Balaban J connectivity index is 1.34. The predicted octanol–water partition coefficient (Wildman–Crippen LogP) is 3.74. The predicted molar refractivity (Wildman–Crippen MR) is 140 cm³/mol. The van der Waals surface area contributed by atoms with Crippen LogP contribution in [0.5, 0.6) is 5.75 Å². The van der Waals surface area contributed by atoms with Gasteiger partial charge in [-0.15, -0.1) is 15.0 Å². The maximum Gasteiger partial charge on any atom is 0.306 e. The van der Waals surface area contributed by atoms with Gasteiger partial charge in [0.15, 0.2) is 0 Å². The summed E-state index contributed by atoms with van der Waals surface area (Å²) in [4.78, 5) is 39.0. The lowest BCUT2D eigenvalue weighted by atomic mass is 10.0. The minimum Gasteiger partial charge on any atom is -0.505 e. The third-order valence-corrected chi connectivity index (χ3v) is 6.03. The third-order valence-electron chi connectivity index (χ3n) is 6.03. The minimum atomic E-state index is -0.462. The summed E-state index contributed by atoms with van der Waals surface area (Å²) in [5, 5.41) is 20.0. The Hall–Kier alpha value is -5.05. The number of ether oxygens (including phenoxy) is 1. The highest BCUT2D eigenvalue weighted by atomic mass is 16.5. The minimum absolute atomic E-state index is 0.0977. The molecule has 5 rings (SSSR count). The summed E-state index contributed by atoms with van der Waals surface area (Å²) < 4.78 is 5.32. The number of phenols is 1. The van der Waals surface area contributed by atoms with E-state index in [0.29, 0.717) is 28.6 Å². The molecule has 1 aromatic heterocycles. The fourth-order valence-corrected chi connectivity index (χ4v) is 4.09. The van der Waals surface area contributed by atoms with E-state index in [0.717, 1.165) is 10.5 Å². The smallest absolute Gasteiger partial charge is 0.306 e. The zero-order valence-corrected chi connectivity index (χ0v) is 20.4. The normalized spacial score (nSPS) is 13.2. The van der Waals surface area contributed by atoms with Crippen molar-refractivity contribution >= 4 is 34.9 Å². The molecule has 2 heterocycles. The average molecular weight is 509 g/mol. The van der Waals surface area contributed by atoms with E-state index in [1.807, 2.05) is 48.5 Å². The summed E-state index contributed by atoms with van der Waals surface area (Å²) >= 11 is 0. The molecule has 0 saturated carbocycles. The van der Waals surface area contributed by atoms with E-state index < -0.39 is 11.8 Å². The molecule has 3 aromatic carbocycles.